The number of thioether (sulfide) groups is 1. The predicted molar refractivity (Wildman–Crippen MR) is 99.5 cm³/mol. The Hall–Kier alpha value is -2.59. The second-order valence-electron chi connectivity index (χ2n) is 5.54. The number of aromatic hydroxyl groups is 2. The fourth-order valence-electron chi connectivity index (χ4n) is 2.12. The molecular formula is C16H16N2O6S2. The third-order valence-electron chi connectivity index (χ3n) is 3.62. The second kappa shape index (κ2) is 7.75. The maximum Gasteiger partial charge on any atom is 0.325 e. The molecular weight excluding hydrogens is 380 g/mol. The molecule has 0 saturated carbocycles. The summed E-state index contributed by atoms with van der Waals surface area (Å²) >= 11 is 6.11. The Balaban J connectivity index is 2.21. The summed E-state index contributed by atoms with van der Waals surface area (Å²) in [7, 11) is 0. The maximum atomic E-state index is 12.6. The number of hydrogen-bond acceptors (Lipinski definition) is 7. The molecule has 0 spiro atoms. The number of carbonyl (C=O) groups excluding carboxylic acids is 2. The molecule has 1 aromatic carbocycles. The summed E-state index contributed by atoms with van der Waals surface area (Å²) in [6.07, 6.45) is 1.40. The summed E-state index contributed by atoms with van der Waals surface area (Å²) in [5, 5.41) is 30.3. The molecule has 0 aromatic heterocycles. The molecule has 0 bridgehead atoms. The number of carboxylic acids is 1. The second-order valence-corrected chi connectivity index (χ2v) is 7.22. The highest BCUT2D eigenvalue weighted by Gasteiger charge is 2.38. The highest BCUT2D eigenvalue weighted by atomic mass is 32.2. The van der Waals surface area contributed by atoms with Crippen LogP contribution in [0.3, 0.4) is 0 Å². The van der Waals surface area contributed by atoms with Gasteiger partial charge in [0.05, 0.1) is 4.91 Å². The first-order valence-electron chi connectivity index (χ1n) is 7.44. The van der Waals surface area contributed by atoms with E-state index >= 15 is 0 Å². The van der Waals surface area contributed by atoms with E-state index in [-0.39, 0.29) is 20.7 Å². The van der Waals surface area contributed by atoms with Crippen LogP contribution in [0.25, 0.3) is 6.08 Å². The average molecular weight is 396 g/mol. The minimum absolute atomic E-state index is 0.120. The van der Waals surface area contributed by atoms with Crippen molar-refractivity contribution in [3.8, 4) is 11.5 Å². The molecule has 26 heavy (non-hydrogen) atoms. The van der Waals surface area contributed by atoms with Crippen molar-refractivity contribution >= 4 is 52.2 Å². The smallest absolute Gasteiger partial charge is 0.325 e. The maximum absolute atomic E-state index is 12.6. The van der Waals surface area contributed by atoms with E-state index in [0.717, 1.165) is 22.7 Å². The molecule has 4 N–H and O–H groups in total. The van der Waals surface area contributed by atoms with Crippen molar-refractivity contribution in [2.45, 2.75) is 25.9 Å². The number of benzene rings is 1. The standard InChI is InChI=1S/C16H16N2O6S2/c1-7(15(23)24)17-13(21)8(2)18-14(22)12(26-16(18)25)5-9-3-4-10(19)6-11(9)20/h3-8,19-20H,1-2H3,(H,17,21)(H,23,24)/b12-5-. The lowest BCUT2D eigenvalue weighted by Gasteiger charge is -2.23. The van der Waals surface area contributed by atoms with Crippen molar-refractivity contribution in [3.05, 3.63) is 28.7 Å². The quantitative estimate of drug-likeness (QED) is 0.433. The van der Waals surface area contributed by atoms with Crippen LogP contribution in [0.15, 0.2) is 23.1 Å². The van der Waals surface area contributed by atoms with Crippen LogP contribution in [-0.4, -0.2) is 54.4 Å². The minimum Gasteiger partial charge on any atom is -0.508 e. The third kappa shape index (κ3) is 4.14. The molecule has 8 nitrogen and oxygen atoms in total. The first-order valence-corrected chi connectivity index (χ1v) is 8.66. The zero-order valence-electron chi connectivity index (χ0n) is 13.8. The molecule has 2 amide bonds. The molecule has 1 aliphatic heterocycles. The van der Waals surface area contributed by atoms with Gasteiger partial charge in [-0.05, 0) is 32.1 Å². The zero-order chi connectivity index (χ0) is 19.6. The third-order valence-corrected chi connectivity index (χ3v) is 4.95. The Morgan fingerprint density at radius 3 is 2.54 bits per heavy atom. The van der Waals surface area contributed by atoms with Crippen LogP contribution < -0.4 is 5.32 Å². The zero-order valence-corrected chi connectivity index (χ0v) is 15.4. The number of phenolic OH excluding ortho intramolecular Hbond substituents is 2. The lowest BCUT2D eigenvalue weighted by Crippen LogP contribution is -2.50. The number of aliphatic carboxylic acids is 1. The number of rotatable bonds is 5. The van der Waals surface area contributed by atoms with Gasteiger partial charge in [-0.2, -0.15) is 0 Å². The number of nitrogens with zero attached hydrogens (tertiary/aromatic N) is 1. The fourth-order valence-corrected chi connectivity index (χ4v) is 3.53. The van der Waals surface area contributed by atoms with Crippen molar-refractivity contribution in [2.75, 3.05) is 0 Å². The van der Waals surface area contributed by atoms with E-state index in [1.165, 1.54) is 32.1 Å². The van der Waals surface area contributed by atoms with Crippen molar-refractivity contribution < 1.29 is 29.7 Å². The Bertz CT molecular complexity index is 823. The van der Waals surface area contributed by atoms with Gasteiger partial charge in [0.1, 0.15) is 27.9 Å². The van der Waals surface area contributed by atoms with Gasteiger partial charge in [-0.15, -0.1) is 0 Å². The van der Waals surface area contributed by atoms with Crippen molar-refractivity contribution in [2.24, 2.45) is 0 Å². The molecule has 1 heterocycles. The number of thiocarbonyl (C=S) groups is 1. The number of carbonyl (C=O) groups is 3. The van der Waals surface area contributed by atoms with Crippen LogP contribution in [0.5, 0.6) is 11.5 Å². The Labute approximate surface area is 158 Å². The molecule has 10 heteroatoms. The van der Waals surface area contributed by atoms with E-state index in [2.05, 4.69) is 5.32 Å². The van der Waals surface area contributed by atoms with Gasteiger partial charge in [0.2, 0.25) is 5.91 Å². The van der Waals surface area contributed by atoms with E-state index in [4.69, 9.17) is 17.3 Å². The number of hydrogen-bond donors (Lipinski definition) is 4. The molecule has 138 valence electrons. The summed E-state index contributed by atoms with van der Waals surface area (Å²) in [5.41, 5.74) is 0.305. The van der Waals surface area contributed by atoms with E-state index in [0.29, 0.717) is 5.56 Å². The van der Waals surface area contributed by atoms with Crippen LogP contribution >= 0.6 is 24.0 Å². The van der Waals surface area contributed by atoms with Crippen LogP contribution in [0.4, 0.5) is 0 Å². The van der Waals surface area contributed by atoms with Crippen molar-refractivity contribution in [3.63, 3.8) is 0 Å². The first-order chi connectivity index (χ1) is 12.1. The summed E-state index contributed by atoms with van der Waals surface area (Å²) in [5.74, 6) is -2.71. The van der Waals surface area contributed by atoms with Gasteiger partial charge in [0.15, 0.2) is 0 Å². The lowest BCUT2D eigenvalue weighted by atomic mass is 10.1. The first kappa shape index (κ1) is 19.7. The number of amides is 2. The van der Waals surface area contributed by atoms with Crippen molar-refractivity contribution in [1.82, 2.24) is 10.2 Å². The monoisotopic (exact) mass is 396 g/mol. The average Bonchev–Trinajstić information content (AvgIpc) is 2.83. The summed E-state index contributed by atoms with van der Waals surface area (Å²) in [4.78, 5) is 36.9. The molecule has 1 aromatic rings. The summed E-state index contributed by atoms with van der Waals surface area (Å²) in [6, 6.07) is 1.82. The van der Waals surface area contributed by atoms with Gasteiger partial charge >= 0.3 is 5.97 Å². The van der Waals surface area contributed by atoms with E-state index < -0.39 is 29.9 Å². The minimum atomic E-state index is -1.20. The topological polar surface area (TPSA) is 127 Å². The van der Waals surface area contributed by atoms with Crippen LogP contribution in [0, 0.1) is 0 Å². The Morgan fingerprint density at radius 2 is 1.96 bits per heavy atom. The van der Waals surface area contributed by atoms with Crippen LogP contribution in [0.1, 0.15) is 19.4 Å². The molecule has 0 radical (unpaired) electrons. The number of phenols is 2. The SMILES string of the molecule is CC(NC(=O)C(C)N1C(=O)/C(=C/c2ccc(O)cc2O)SC1=S)C(=O)O. The van der Waals surface area contributed by atoms with Crippen molar-refractivity contribution in [1.29, 1.82) is 0 Å². The molecule has 1 fully saturated rings. The molecule has 2 unspecified atom stereocenters. The number of carboxylic acid groups (broad SMARTS) is 1. The van der Waals surface area contributed by atoms with Gasteiger partial charge in [-0.25, -0.2) is 0 Å². The van der Waals surface area contributed by atoms with Gasteiger partial charge in [-0.3, -0.25) is 19.3 Å². The fraction of sp³-hybridized carbons (Fsp3) is 0.250. The lowest BCUT2D eigenvalue weighted by molar-refractivity contribution is -0.142. The van der Waals surface area contributed by atoms with Crippen LogP contribution in [0.2, 0.25) is 0 Å². The van der Waals surface area contributed by atoms with Crippen LogP contribution in [-0.2, 0) is 14.4 Å². The van der Waals surface area contributed by atoms with Gasteiger partial charge in [-0.1, -0.05) is 24.0 Å². The predicted octanol–water partition coefficient (Wildman–Crippen LogP) is 1.28. The highest BCUT2D eigenvalue weighted by molar-refractivity contribution is 8.26. The molecule has 2 rings (SSSR count). The van der Waals surface area contributed by atoms with Gasteiger partial charge in [0.25, 0.3) is 5.91 Å². The van der Waals surface area contributed by atoms with E-state index in [9.17, 15) is 24.6 Å². The molecule has 0 aliphatic carbocycles. The summed E-state index contributed by atoms with van der Waals surface area (Å²) < 4.78 is 0.144. The normalized spacial score (nSPS) is 18.1. The molecule has 2 atom stereocenters. The van der Waals surface area contributed by atoms with E-state index in [1.807, 2.05) is 0 Å². The Morgan fingerprint density at radius 1 is 1.31 bits per heavy atom. The van der Waals surface area contributed by atoms with Gasteiger partial charge < -0.3 is 20.6 Å². The van der Waals surface area contributed by atoms with E-state index in [1.54, 1.807) is 0 Å². The number of nitrogens with one attached hydrogen (secondary N) is 1. The Kier molecular flexibility index (Phi) is 5.88. The largest absolute Gasteiger partial charge is 0.508 e. The summed E-state index contributed by atoms with van der Waals surface area (Å²) in [6.45, 7) is 2.75. The molecule has 1 aliphatic rings. The molecule has 1 saturated heterocycles. The highest BCUT2D eigenvalue weighted by Crippen LogP contribution is 2.35. The van der Waals surface area contributed by atoms with Gasteiger partial charge in [0, 0.05) is 11.6 Å².